The number of carbonyl (C=O) groups is 2. The minimum absolute atomic E-state index is 0.105. The van der Waals surface area contributed by atoms with Crippen molar-refractivity contribution in [2.24, 2.45) is 0 Å². The molecule has 2 aromatic rings. The van der Waals surface area contributed by atoms with Gasteiger partial charge in [-0.2, -0.15) is 13.8 Å². The molecule has 1 saturated heterocycles. The Labute approximate surface area is 180 Å². The molecule has 0 radical (unpaired) electrons. The second-order valence-corrected chi connectivity index (χ2v) is 7.52. The number of carbonyl (C=O) groups excluding carboxylic acids is 2. The van der Waals surface area contributed by atoms with E-state index in [9.17, 15) is 18.4 Å². The zero-order chi connectivity index (χ0) is 21.7. The molecule has 0 saturated carbocycles. The molecular weight excluding hydrogens is 434 g/mol. The largest absolute Gasteiger partial charge is 0.490 e. The number of hydrogen-bond donors (Lipinski definition) is 1. The number of nitrogens with zero attached hydrogens (tertiary/aromatic N) is 1. The average molecular weight is 450 g/mol. The topological polar surface area (TPSA) is 67.9 Å². The number of benzene rings is 2. The third kappa shape index (κ3) is 5.14. The third-order valence-corrected chi connectivity index (χ3v) is 5.13. The molecule has 3 rings (SSSR count). The molecule has 1 fully saturated rings. The first-order chi connectivity index (χ1) is 14.4. The molecule has 2 aromatic carbocycles. The summed E-state index contributed by atoms with van der Waals surface area (Å²) in [6, 6.07) is 12.7. The fourth-order valence-corrected chi connectivity index (χ4v) is 3.73. The molecule has 0 spiro atoms. The van der Waals surface area contributed by atoms with Crippen molar-refractivity contribution in [1.82, 2.24) is 10.4 Å². The van der Waals surface area contributed by atoms with Gasteiger partial charge in [0.2, 0.25) is 0 Å². The van der Waals surface area contributed by atoms with Crippen molar-refractivity contribution in [3.8, 4) is 11.5 Å². The van der Waals surface area contributed by atoms with Crippen LogP contribution in [0, 0.1) is 0 Å². The Kier molecular flexibility index (Phi) is 7.01. The van der Waals surface area contributed by atoms with Crippen LogP contribution in [0.1, 0.15) is 22.8 Å². The van der Waals surface area contributed by atoms with Crippen molar-refractivity contribution >= 4 is 46.2 Å². The first-order valence-electron chi connectivity index (χ1n) is 8.74. The van der Waals surface area contributed by atoms with Gasteiger partial charge in [-0.3, -0.25) is 15.0 Å². The van der Waals surface area contributed by atoms with Crippen LogP contribution in [-0.2, 0) is 4.79 Å². The van der Waals surface area contributed by atoms with Crippen LogP contribution < -0.4 is 14.9 Å². The SMILES string of the molecule is CCOc1cc(/C=C2\SC(=S)N(NC(=O)c3ccccc3)C2=O)ccc1OC(F)F. The lowest BCUT2D eigenvalue weighted by atomic mass is 10.2. The average Bonchev–Trinajstić information content (AvgIpc) is 2.98. The minimum atomic E-state index is -2.99. The summed E-state index contributed by atoms with van der Waals surface area (Å²) in [6.07, 6.45) is 1.53. The molecule has 1 aliphatic rings. The van der Waals surface area contributed by atoms with Crippen LogP contribution >= 0.6 is 24.0 Å². The Morgan fingerprint density at radius 1 is 1.23 bits per heavy atom. The molecule has 1 aliphatic heterocycles. The monoisotopic (exact) mass is 450 g/mol. The number of ether oxygens (including phenoxy) is 2. The Bertz CT molecular complexity index is 1000. The summed E-state index contributed by atoms with van der Waals surface area (Å²) in [5.74, 6) is -0.952. The van der Waals surface area contributed by atoms with Crippen molar-refractivity contribution in [3.05, 3.63) is 64.6 Å². The zero-order valence-corrected chi connectivity index (χ0v) is 17.3. The summed E-state index contributed by atoms with van der Waals surface area (Å²) >= 11 is 6.21. The predicted octanol–water partition coefficient (Wildman–Crippen LogP) is 4.23. The fourth-order valence-electron chi connectivity index (χ4n) is 2.55. The molecule has 1 heterocycles. The lowest BCUT2D eigenvalue weighted by molar-refractivity contribution is -0.123. The van der Waals surface area contributed by atoms with Crippen LogP contribution in [0.15, 0.2) is 53.4 Å². The number of nitrogens with one attached hydrogen (secondary N) is 1. The van der Waals surface area contributed by atoms with E-state index in [0.29, 0.717) is 11.1 Å². The summed E-state index contributed by atoms with van der Waals surface area (Å²) in [6.45, 7) is -1.03. The molecule has 0 aliphatic carbocycles. The molecule has 10 heteroatoms. The van der Waals surface area contributed by atoms with E-state index >= 15 is 0 Å². The number of thioether (sulfide) groups is 1. The molecule has 0 atom stereocenters. The number of hydrogen-bond acceptors (Lipinski definition) is 6. The normalized spacial score (nSPS) is 15.1. The molecule has 156 valence electrons. The van der Waals surface area contributed by atoms with Crippen LogP contribution in [0.25, 0.3) is 6.08 Å². The zero-order valence-electron chi connectivity index (χ0n) is 15.6. The van der Waals surface area contributed by atoms with E-state index in [0.717, 1.165) is 16.8 Å². The quantitative estimate of drug-likeness (QED) is 0.503. The van der Waals surface area contributed by atoms with Crippen molar-refractivity contribution in [1.29, 1.82) is 0 Å². The van der Waals surface area contributed by atoms with Gasteiger partial charge in [-0.05, 0) is 55.0 Å². The summed E-state index contributed by atoms with van der Waals surface area (Å²) < 4.78 is 35.0. The second kappa shape index (κ2) is 9.68. The van der Waals surface area contributed by atoms with Gasteiger partial charge in [0.1, 0.15) is 0 Å². The predicted molar refractivity (Wildman–Crippen MR) is 113 cm³/mol. The van der Waals surface area contributed by atoms with E-state index in [2.05, 4.69) is 10.2 Å². The standard InChI is InChI=1S/C20H16F2N2O4S2/c1-2-27-15-10-12(8-9-14(15)28-19(21)22)11-16-18(26)24(20(29)30-16)23-17(25)13-6-4-3-5-7-13/h3-11,19H,2H2,1H3,(H,23,25)/b16-11-. The number of rotatable bonds is 7. The maximum absolute atomic E-state index is 12.7. The smallest absolute Gasteiger partial charge is 0.387 e. The molecule has 6 nitrogen and oxygen atoms in total. The summed E-state index contributed by atoms with van der Waals surface area (Å²) in [5.41, 5.74) is 3.39. The molecule has 0 aromatic heterocycles. The maximum atomic E-state index is 12.7. The van der Waals surface area contributed by atoms with Gasteiger partial charge in [-0.25, -0.2) is 0 Å². The molecule has 0 bridgehead atoms. The van der Waals surface area contributed by atoms with Gasteiger partial charge in [0, 0.05) is 5.56 Å². The van der Waals surface area contributed by atoms with Crippen LogP contribution in [0.3, 0.4) is 0 Å². The highest BCUT2D eigenvalue weighted by molar-refractivity contribution is 8.26. The molecule has 2 amide bonds. The third-order valence-electron chi connectivity index (χ3n) is 3.82. The van der Waals surface area contributed by atoms with Crippen LogP contribution in [0.4, 0.5) is 8.78 Å². The van der Waals surface area contributed by atoms with Crippen molar-refractivity contribution in [3.63, 3.8) is 0 Å². The van der Waals surface area contributed by atoms with Crippen LogP contribution in [0.2, 0.25) is 0 Å². The Morgan fingerprint density at radius 2 is 1.97 bits per heavy atom. The Balaban J connectivity index is 1.79. The number of halogens is 2. The van der Waals surface area contributed by atoms with Gasteiger partial charge in [0.15, 0.2) is 15.8 Å². The van der Waals surface area contributed by atoms with Gasteiger partial charge in [-0.1, -0.05) is 36.0 Å². The van der Waals surface area contributed by atoms with Crippen molar-refractivity contribution < 1.29 is 27.8 Å². The number of alkyl halides is 2. The molecule has 1 N–H and O–H groups in total. The van der Waals surface area contributed by atoms with Gasteiger partial charge >= 0.3 is 6.61 Å². The number of thiocarbonyl (C=S) groups is 1. The fraction of sp³-hybridized carbons (Fsp3) is 0.150. The number of amides is 2. The highest BCUT2D eigenvalue weighted by Gasteiger charge is 2.33. The molecular formula is C20H16F2N2O4S2. The van der Waals surface area contributed by atoms with E-state index in [1.165, 1.54) is 24.3 Å². The van der Waals surface area contributed by atoms with E-state index in [1.807, 2.05) is 0 Å². The van der Waals surface area contributed by atoms with Crippen molar-refractivity contribution in [2.45, 2.75) is 13.5 Å². The van der Waals surface area contributed by atoms with Gasteiger partial charge in [-0.15, -0.1) is 0 Å². The van der Waals surface area contributed by atoms with Crippen LogP contribution in [0.5, 0.6) is 11.5 Å². The van der Waals surface area contributed by atoms with Crippen molar-refractivity contribution in [2.75, 3.05) is 6.61 Å². The first kappa shape index (κ1) is 21.7. The summed E-state index contributed by atoms with van der Waals surface area (Å²) in [7, 11) is 0. The Morgan fingerprint density at radius 3 is 2.63 bits per heavy atom. The van der Waals surface area contributed by atoms with E-state index in [1.54, 1.807) is 37.3 Å². The highest BCUT2D eigenvalue weighted by atomic mass is 32.2. The molecule has 0 unspecified atom stereocenters. The minimum Gasteiger partial charge on any atom is -0.490 e. The Hall–Kier alpha value is -2.98. The van der Waals surface area contributed by atoms with Gasteiger partial charge in [0.05, 0.1) is 11.5 Å². The van der Waals surface area contributed by atoms with E-state index < -0.39 is 18.4 Å². The van der Waals surface area contributed by atoms with Crippen LogP contribution in [-0.4, -0.2) is 34.4 Å². The maximum Gasteiger partial charge on any atom is 0.387 e. The lowest BCUT2D eigenvalue weighted by Gasteiger charge is -2.15. The number of hydrazine groups is 1. The summed E-state index contributed by atoms with van der Waals surface area (Å²) in [5, 5.41) is 0.999. The first-order valence-corrected chi connectivity index (χ1v) is 9.97. The summed E-state index contributed by atoms with van der Waals surface area (Å²) in [4.78, 5) is 25.3. The van der Waals surface area contributed by atoms with E-state index in [-0.39, 0.29) is 27.3 Å². The van der Waals surface area contributed by atoms with Gasteiger partial charge in [0.25, 0.3) is 11.8 Å². The highest BCUT2D eigenvalue weighted by Crippen LogP contribution is 2.34. The van der Waals surface area contributed by atoms with E-state index in [4.69, 9.17) is 17.0 Å². The van der Waals surface area contributed by atoms with Gasteiger partial charge < -0.3 is 9.47 Å². The lowest BCUT2D eigenvalue weighted by Crippen LogP contribution is -2.44. The second-order valence-electron chi connectivity index (χ2n) is 5.84. The molecule has 30 heavy (non-hydrogen) atoms.